The molecule has 0 saturated carbocycles. The van der Waals surface area contributed by atoms with Crippen LogP contribution in [0.4, 0.5) is 13.2 Å². The summed E-state index contributed by atoms with van der Waals surface area (Å²) in [6.45, 7) is 4.56. The lowest BCUT2D eigenvalue weighted by Crippen LogP contribution is -2.46. The highest BCUT2D eigenvalue weighted by Crippen LogP contribution is 2.29. The quantitative estimate of drug-likeness (QED) is 0.335. The molecule has 1 N–H and O–H groups in total. The molecular formula is C28H26F3N5O2. The Balaban J connectivity index is 1.59. The molecule has 5 aromatic rings. The molecule has 0 radical (unpaired) electrons. The number of alkyl halides is 3. The van der Waals surface area contributed by atoms with E-state index in [1.807, 2.05) is 66.2 Å². The molecule has 0 unspecified atom stereocenters. The number of halogens is 3. The third-order valence-electron chi connectivity index (χ3n) is 6.79. The predicted molar refractivity (Wildman–Crippen MR) is 139 cm³/mol. The van der Waals surface area contributed by atoms with Gasteiger partial charge in [0, 0.05) is 11.8 Å². The van der Waals surface area contributed by atoms with E-state index >= 15 is 0 Å². The van der Waals surface area contributed by atoms with Gasteiger partial charge in [0.25, 0.3) is 0 Å². The fourth-order valence-electron chi connectivity index (χ4n) is 4.91. The van der Waals surface area contributed by atoms with Crippen LogP contribution in [-0.4, -0.2) is 36.6 Å². The highest BCUT2D eigenvalue weighted by Gasteiger charge is 2.39. The van der Waals surface area contributed by atoms with Crippen LogP contribution in [0, 0.1) is 13.8 Å². The average Bonchev–Trinajstić information content (AvgIpc) is 3.46. The van der Waals surface area contributed by atoms with Gasteiger partial charge in [-0.05, 0) is 61.2 Å². The summed E-state index contributed by atoms with van der Waals surface area (Å²) >= 11 is 0. The number of carbonyl (C=O) groups excluding carboxylic acids is 1. The van der Waals surface area contributed by atoms with Gasteiger partial charge in [0.05, 0.1) is 34.8 Å². The maximum atomic E-state index is 13.7. The Kier molecular flexibility index (Phi) is 6.34. The van der Waals surface area contributed by atoms with Gasteiger partial charge in [-0.2, -0.15) is 13.2 Å². The number of rotatable bonds is 6. The minimum atomic E-state index is -4.57. The van der Waals surface area contributed by atoms with Crippen molar-refractivity contribution in [1.29, 1.82) is 0 Å². The molecule has 0 fully saturated rings. The lowest BCUT2D eigenvalue weighted by Gasteiger charge is -2.20. The normalized spacial score (nSPS) is 12.8. The van der Waals surface area contributed by atoms with Crippen LogP contribution in [0.2, 0.25) is 0 Å². The molecule has 10 heteroatoms. The maximum absolute atomic E-state index is 13.7. The Morgan fingerprint density at radius 2 is 1.84 bits per heavy atom. The molecule has 0 bridgehead atoms. The second-order valence-electron chi connectivity index (χ2n) is 9.33. The molecule has 38 heavy (non-hydrogen) atoms. The molecule has 0 saturated heterocycles. The van der Waals surface area contributed by atoms with Gasteiger partial charge in [0.1, 0.15) is 12.6 Å². The van der Waals surface area contributed by atoms with E-state index in [0.717, 1.165) is 27.8 Å². The monoisotopic (exact) mass is 521 g/mol. The van der Waals surface area contributed by atoms with Crippen LogP contribution in [-0.2, 0) is 11.3 Å². The zero-order chi connectivity index (χ0) is 27.2. The van der Waals surface area contributed by atoms with Crippen molar-refractivity contribution in [2.75, 3.05) is 0 Å². The SMILES string of the molecule is CC[C@@H](NC(=O)Cn1c(=O)n(-c2ccc(-c3cccn4cncc34)cc2C)c2c(C)cccc21)C(F)(F)F. The lowest BCUT2D eigenvalue weighted by molar-refractivity contribution is -0.162. The molecule has 3 heterocycles. The van der Waals surface area contributed by atoms with Crippen LogP contribution in [0.1, 0.15) is 24.5 Å². The van der Waals surface area contributed by atoms with Crippen molar-refractivity contribution < 1.29 is 18.0 Å². The Bertz CT molecular complexity index is 1730. The summed E-state index contributed by atoms with van der Waals surface area (Å²) in [6, 6.07) is 13.0. The van der Waals surface area contributed by atoms with E-state index in [2.05, 4.69) is 4.98 Å². The van der Waals surface area contributed by atoms with Gasteiger partial charge < -0.3 is 9.72 Å². The summed E-state index contributed by atoms with van der Waals surface area (Å²) in [6.07, 6.45) is 0.555. The third kappa shape index (κ3) is 4.36. The lowest BCUT2D eigenvalue weighted by atomic mass is 10.0. The number of aromatic nitrogens is 4. The van der Waals surface area contributed by atoms with Gasteiger partial charge in [-0.15, -0.1) is 0 Å². The van der Waals surface area contributed by atoms with Gasteiger partial charge in [-0.25, -0.2) is 9.78 Å². The van der Waals surface area contributed by atoms with Crippen molar-refractivity contribution in [2.24, 2.45) is 0 Å². The number of fused-ring (bicyclic) bond motifs is 2. The smallest absolute Gasteiger partial charge is 0.343 e. The number of pyridine rings is 1. The fraction of sp³-hybridized carbons (Fsp3) is 0.250. The van der Waals surface area contributed by atoms with Crippen LogP contribution < -0.4 is 11.0 Å². The Morgan fingerprint density at radius 1 is 1.05 bits per heavy atom. The second kappa shape index (κ2) is 9.51. The summed E-state index contributed by atoms with van der Waals surface area (Å²) < 4.78 is 44.3. The first-order chi connectivity index (χ1) is 18.1. The largest absolute Gasteiger partial charge is 0.408 e. The van der Waals surface area contributed by atoms with Crippen molar-refractivity contribution in [3.05, 3.63) is 88.9 Å². The first-order valence-corrected chi connectivity index (χ1v) is 12.2. The van der Waals surface area contributed by atoms with Gasteiger partial charge in [-0.3, -0.25) is 13.9 Å². The van der Waals surface area contributed by atoms with Crippen molar-refractivity contribution in [3.63, 3.8) is 0 Å². The number of amides is 1. The Morgan fingerprint density at radius 3 is 2.55 bits per heavy atom. The fourth-order valence-corrected chi connectivity index (χ4v) is 4.91. The highest BCUT2D eigenvalue weighted by atomic mass is 19.4. The highest BCUT2D eigenvalue weighted by molar-refractivity contribution is 5.85. The van der Waals surface area contributed by atoms with Crippen molar-refractivity contribution in [2.45, 2.75) is 46.0 Å². The van der Waals surface area contributed by atoms with Crippen LogP contribution in [0.3, 0.4) is 0 Å². The van der Waals surface area contributed by atoms with Crippen LogP contribution in [0.25, 0.3) is 33.4 Å². The van der Waals surface area contributed by atoms with Gasteiger partial charge in [0.15, 0.2) is 0 Å². The van der Waals surface area contributed by atoms with E-state index in [4.69, 9.17) is 0 Å². The number of para-hydroxylation sites is 1. The predicted octanol–water partition coefficient (Wildman–Crippen LogP) is 5.18. The summed E-state index contributed by atoms with van der Waals surface area (Å²) in [5, 5.41) is 2.02. The van der Waals surface area contributed by atoms with Crippen LogP contribution in [0.15, 0.2) is 72.0 Å². The minimum absolute atomic E-state index is 0.302. The molecular weight excluding hydrogens is 495 g/mol. The topological polar surface area (TPSA) is 73.3 Å². The molecule has 0 aliphatic rings. The number of hydrogen-bond acceptors (Lipinski definition) is 3. The molecule has 7 nitrogen and oxygen atoms in total. The number of imidazole rings is 2. The second-order valence-corrected chi connectivity index (χ2v) is 9.33. The number of nitrogens with one attached hydrogen (secondary N) is 1. The van der Waals surface area contributed by atoms with E-state index in [-0.39, 0.29) is 6.42 Å². The molecule has 1 atom stereocenters. The molecule has 1 amide bonds. The number of benzene rings is 2. The van der Waals surface area contributed by atoms with E-state index in [1.54, 1.807) is 24.7 Å². The summed E-state index contributed by atoms with van der Waals surface area (Å²) in [7, 11) is 0. The summed E-state index contributed by atoms with van der Waals surface area (Å²) in [5.41, 5.74) is 5.69. The number of carbonyl (C=O) groups is 1. The molecule has 0 spiro atoms. The number of aryl methyl sites for hydroxylation is 2. The molecule has 196 valence electrons. The standard InChI is InChI=1S/C28H26F3N5O2/c1-4-24(28(29,30)31)33-25(37)15-35-22-9-5-7-17(2)26(22)36(27(35)38)21-11-10-19(13-18(21)3)20-8-6-12-34-16-32-14-23(20)34/h5-14,16,24H,4,15H2,1-3H3,(H,33,37)/t24-/m1/s1. The van der Waals surface area contributed by atoms with Crippen molar-refractivity contribution >= 4 is 22.5 Å². The minimum Gasteiger partial charge on any atom is -0.343 e. The first-order valence-electron chi connectivity index (χ1n) is 12.2. The van der Waals surface area contributed by atoms with E-state index in [1.165, 1.54) is 16.1 Å². The third-order valence-corrected chi connectivity index (χ3v) is 6.79. The summed E-state index contributed by atoms with van der Waals surface area (Å²) in [5.74, 6) is -0.877. The zero-order valence-corrected chi connectivity index (χ0v) is 21.1. The number of nitrogens with zero attached hydrogens (tertiary/aromatic N) is 4. The maximum Gasteiger partial charge on any atom is 0.408 e. The average molecular weight is 522 g/mol. The molecule has 2 aromatic carbocycles. The Labute approximate surface area is 216 Å². The van der Waals surface area contributed by atoms with E-state index < -0.39 is 30.4 Å². The van der Waals surface area contributed by atoms with Gasteiger partial charge >= 0.3 is 11.9 Å². The number of hydrogen-bond donors (Lipinski definition) is 1. The first kappa shape index (κ1) is 25.3. The molecule has 0 aliphatic carbocycles. The van der Waals surface area contributed by atoms with Gasteiger partial charge in [0.2, 0.25) is 5.91 Å². The molecule has 5 rings (SSSR count). The van der Waals surface area contributed by atoms with Crippen LogP contribution >= 0.6 is 0 Å². The van der Waals surface area contributed by atoms with Crippen molar-refractivity contribution in [1.82, 2.24) is 23.8 Å². The van der Waals surface area contributed by atoms with Gasteiger partial charge in [-0.1, -0.05) is 31.2 Å². The van der Waals surface area contributed by atoms with Crippen molar-refractivity contribution in [3.8, 4) is 16.8 Å². The zero-order valence-electron chi connectivity index (χ0n) is 21.1. The molecule has 3 aromatic heterocycles. The molecule has 0 aliphatic heterocycles. The van der Waals surface area contributed by atoms with E-state index in [9.17, 15) is 22.8 Å². The van der Waals surface area contributed by atoms with Crippen LogP contribution in [0.5, 0.6) is 0 Å². The summed E-state index contributed by atoms with van der Waals surface area (Å²) in [4.78, 5) is 30.5. The van der Waals surface area contributed by atoms with E-state index in [0.29, 0.717) is 16.7 Å². The Hall–Kier alpha value is -4.34.